The van der Waals surface area contributed by atoms with Gasteiger partial charge in [0.1, 0.15) is 0 Å². The van der Waals surface area contributed by atoms with Gasteiger partial charge < -0.3 is 15.4 Å². The number of aliphatic hydroxyl groups is 1. The van der Waals surface area contributed by atoms with Crippen molar-refractivity contribution in [2.75, 3.05) is 6.54 Å². The van der Waals surface area contributed by atoms with Gasteiger partial charge in [-0.2, -0.15) is 0 Å². The van der Waals surface area contributed by atoms with Gasteiger partial charge in [0, 0.05) is 36.3 Å². The zero-order chi connectivity index (χ0) is 12.6. The van der Waals surface area contributed by atoms with Gasteiger partial charge >= 0.3 is 0 Å². The van der Waals surface area contributed by atoms with Gasteiger partial charge in [0.05, 0.1) is 6.10 Å². The van der Waals surface area contributed by atoms with Crippen molar-refractivity contribution >= 4 is 10.9 Å². The van der Waals surface area contributed by atoms with Crippen molar-refractivity contribution < 1.29 is 5.11 Å². The molecule has 1 aromatic heterocycles. The van der Waals surface area contributed by atoms with Crippen LogP contribution in [0, 0.1) is 0 Å². The van der Waals surface area contributed by atoms with Crippen LogP contribution in [0.2, 0.25) is 0 Å². The predicted octanol–water partition coefficient (Wildman–Crippen LogP) is 2.29. The monoisotopic (exact) mass is 232 g/mol. The maximum Gasteiger partial charge on any atom is 0.0932 e. The van der Waals surface area contributed by atoms with Crippen LogP contribution in [0.1, 0.15) is 37.0 Å². The molecule has 1 unspecified atom stereocenters. The first-order chi connectivity index (χ1) is 8.04. The van der Waals surface area contributed by atoms with Crippen molar-refractivity contribution in [3.05, 3.63) is 35.5 Å². The molecule has 0 amide bonds. The summed E-state index contributed by atoms with van der Waals surface area (Å²) in [7, 11) is 1.99. The van der Waals surface area contributed by atoms with Crippen LogP contribution in [0.3, 0.4) is 0 Å². The number of aryl methyl sites for hydroxylation is 1. The molecule has 17 heavy (non-hydrogen) atoms. The number of aliphatic hydroxyl groups excluding tert-OH is 1. The molecule has 0 bridgehead atoms. The SMILES string of the molecule is CC(C)c1ccc2c(c1)c(C(O)CN)cn2C. The molecule has 0 aliphatic rings. The minimum atomic E-state index is -0.582. The average Bonchev–Trinajstić information content (AvgIpc) is 2.65. The van der Waals surface area contributed by atoms with Crippen LogP contribution in [0.25, 0.3) is 10.9 Å². The molecule has 2 aromatic rings. The molecule has 0 aliphatic heterocycles. The molecule has 3 nitrogen and oxygen atoms in total. The molecule has 0 radical (unpaired) electrons. The third kappa shape index (κ3) is 2.08. The number of aromatic nitrogens is 1. The lowest BCUT2D eigenvalue weighted by Gasteiger charge is -2.08. The number of nitrogens with zero attached hydrogens (tertiary/aromatic N) is 1. The Labute approximate surface area is 102 Å². The van der Waals surface area contributed by atoms with Crippen molar-refractivity contribution in [3.8, 4) is 0 Å². The van der Waals surface area contributed by atoms with Gasteiger partial charge in [-0.3, -0.25) is 0 Å². The fraction of sp³-hybridized carbons (Fsp3) is 0.429. The largest absolute Gasteiger partial charge is 0.387 e. The topological polar surface area (TPSA) is 51.2 Å². The molecule has 1 heterocycles. The van der Waals surface area contributed by atoms with Crippen LogP contribution in [-0.2, 0) is 7.05 Å². The Bertz CT molecular complexity index is 528. The summed E-state index contributed by atoms with van der Waals surface area (Å²) >= 11 is 0. The van der Waals surface area contributed by atoms with E-state index in [1.807, 2.05) is 17.8 Å². The summed E-state index contributed by atoms with van der Waals surface area (Å²) in [6, 6.07) is 6.41. The van der Waals surface area contributed by atoms with Crippen LogP contribution < -0.4 is 5.73 Å². The standard InChI is InChI=1S/C14H20N2O/c1-9(2)10-4-5-13-11(6-10)12(8-16(13)3)14(17)7-15/h4-6,8-9,14,17H,7,15H2,1-3H3. The minimum absolute atomic E-state index is 0.255. The molecular weight excluding hydrogens is 212 g/mol. The van der Waals surface area contributed by atoms with Gasteiger partial charge in [0.25, 0.3) is 0 Å². The van der Waals surface area contributed by atoms with Gasteiger partial charge in [0.15, 0.2) is 0 Å². The van der Waals surface area contributed by atoms with E-state index in [2.05, 4.69) is 32.0 Å². The van der Waals surface area contributed by atoms with Crippen molar-refractivity contribution in [2.45, 2.75) is 25.9 Å². The summed E-state index contributed by atoms with van der Waals surface area (Å²) in [6.07, 6.45) is 1.38. The molecule has 0 spiro atoms. The molecule has 1 atom stereocenters. The maximum atomic E-state index is 9.93. The quantitative estimate of drug-likeness (QED) is 0.853. The van der Waals surface area contributed by atoms with E-state index in [9.17, 15) is 5.11 Å². The van der Waals surface area contributed by atoms with Crippen LogP contribution in [-0.4, -0.2) is 16.2 Å². The highest BCUT2D eigenvalue weighted by Crippen LogP contribution is 2.28. The number of fused-ring (bicyclic) bond motifs is 1. The van der Waals surface area contributed by atoms with Crippen molar-refractivity contribution in [1.82, 2.24) is 4.57 Å². The highest BCUT2D eigenvalue weighted by Gasteiger charge is 2.14. The van der Waals surface area contributed by atoms with Crippen LogP contribution in [0.4, 0.5) is 0 Å². The lowest BCUT2D eigenvalue weighted by molar-refractivity contribution is 0.188. The van der Waals surface area contributed by atoms with Crippen LogP contribution in [0.5, 0.6) is 0 Å². The summed E-state index contributed by atoms with van der Waals surface area (Å²) in [5.74, 6) is 0.488. The molecule has 3 heteroatoms. The van der Waals surface area contributed by atoms with E-state index in [0.717, 1.165) is 16.5 Å². The maximum absolute atomic E-state index is 9.93. The molecular formula is C14H20N2O. The first-order valence-electron chi connectivity index (χ1n) is 6.01. The van der Waals surface area contributed by atoms with Gasteiger partial charge in [-0.15, -0.1) is 0 Å². The molecule has 1 aromatic carbocycles. The third-order valence-electron chi connectivity index (χ3n) is 3.29. The Kier molecular flexibility index (Phi) is 3.22. The Balaban J connectivity index is 2.64. The number of hydrogen-bond donors (Lipinski definition) is 2. The highest BCUT2D eigenvalue weighted by molar-refractivity contribution is 5.85. The number of hydrogen-bond acceptors (Lipinski definition) is 2. The first kappa shape index (κ1) is 12.1. The van der Waals surface area contributed by atoms with Crippen molar-refractivity contribution in [1.29, 1.82) is 0 Å². The summed E-state index contributed by atoms with van der Waals surface area (Å²) < 4.78 is 2.04. The Morgan fingerprint density at radius 1 is 1.35 bits per heavy atom. The molecule has 2 rings (SSSR count). The van der Waals surface area contributed by atoms with Crippen molar-refractivity contribution in [3.63, 3.8) is 0 Å². The van der Waals surface area contributed by atoms with Crippen LogP contribution >= 0.6 is 0 Å². The zero-order valence-electron chi connectivity index (χ0n) is 10.6. The first-order valence-corrected chi connectivity index (χ1v) is 6.01. The summed E-state index contributed by atoms with van der Waals surface area (Å²) in [5, 5.41) is 11.0. The second kappa shape index (κ2) is 4.51. The molecule has 0 saturated heterocycles. The molecule has 0 fully saturated rings. The van der Waals surface area contributed by atoms with E-state index < -0.39 is 6.10 Å². The van der Waals surface area contributed by atoms with E-state index in [0.29, 0.717) is 5.92 Å². The second-order valence-corrected chi connectivity index (χ2v) is 4.88. The number of nitrogens with two attached hydrogens (primary N) is 1. The zero-order valence-corrected chi connectivity index (χ0v) is 10.6. The van der Waals surface area contributed by atoms with Gasteiger partial charge in [-0.25, -0.2) is 0 Å². The third-order valence-corrected chi connectivity index (χ3v) is 3.29. The van der Waals surface area contributed by atoms with E-state index in [4.69, 9.17) is 5.73 Å². The second-order valence-electron chi connectivity index (χ2n) is 4.88. The normalized spacial score (nSPS) is 13.5. The Morgan fingerprint density at radius 3 is 2.65 bits per heavy atom. The highest BCUT2D eigenvalue weighted by atomic mass is 16.3. The van der Waals surface area contributed by atoms with Gasteiger partial charge in [0.2, 0.25) is 0 Å². The molecule has 3 N–H and O–H groups in total. The van der Waals surface area contributed by atoms with E-state index in [1.54, 1.807) is 0 Å². The Hall–Kier alpha value is -1.32. The predicted molar refractivity (Wildman–Crippen MR) is 71.0 cm³/mol. The molecule has 0 aliphatic carbocycles. The Morgan fingerprint density at radius 2 is 2.06 bits per heavy atom. The summed E-state index contributed by atoms with van der Waals surface area (Å²) in [5.41, 5.74) is 8.89. The number of benzene rings is 1. The van der Waals surface area contributed by atoms with Crippen LogP contribution in [0.15, 0.2) is 24.4 Å². The lowest BCUT2D eigenvalue weighted by atomic mass is 9.99. The molecule has 0 saturated carbocycles. The van der Waals surface area contributed by atoms with E-state index in [-0.39, 0.29) is 6.54 Å². The van der Waals surface area contributed by atoms with Crippen molar-refractivity contribution in [2.24, 2.45) is 12.8 Å². The number of rotatable bonds is 3. The average molecular weight is 232 g/mol. The van der Waals surface area contributed by atoms with E-state index >= 15 is 0 Å². The molecule has 92 valence electrons. The van der Waals surface area contributed by atoms with Gasteiger partial charge in [-0.05, 0) is 23.6 Å². The smallest absolute Gasteiger partial charge is 0.0932 e. The summed E-state index contributed by atoms with van der Waals surface area (Å²) in [6.45, 7) is 4.59. The fourth-order valence-electron chi connectivity index (χ4n) is 2.19. The summed E-state index contributed by atoms with van der Waals surface area (Å²) in [4.78, 5) is 0. The minimum Gasteiger partial charge on any atom is -0.387 e. The fourth-order valence-corrected chi connectivity index (χ4v) is 2.19. The van der Waals surface area contributed by atoms with Gasteiger partial charge in [-0.1, -0.05) is 19.9 Å². The lowest BCUT2D eigenvalue weighted by Crippen LogP contribution is -2.11. The van der Waals surface area contributed by atoms with E-state index in [1.165, 1.54) is 5.56 Å².